The number of halogens is 3. The number of aryl methyl sites for hydroxylation is 1. The lowest BCUT2D eigenvalue weighted by Crippen LogP contribution is -2.40. The van der Waals surface area contributed by atoms with Gasteiger partial charge in [-0.1, -0.05) is 18.2 Å². The van der Waals surface area contributed by atoms with E-state index >= 15 is 0 Å². The maximum atomic E-state index is 13.1. The highest BCUT2D eigenvalue weighted by Gasteiger charge is 2.49. The van der Waals surface area contributed by atoms with Gasteiger partial charge in [-0.15, -0.1) is 24.5 Å². The maximum absolute atomic E-state index is 13.1. The van der Waals surface area contributed by atoms with Gasteiger partial charge in [0.1, 0.15) is 22.7 Å². The van der Waals surface area contributed by atoms with Crippen LogP contribution >= 0.6 is 11.3 Å². The molecule has 0 bridgehead atoms. The summed E-state index contributed by atoms with van der Waals surface area (Å²) in [7, 11) is 0. The lowest BCUT2D eigenvalue weighted by molar-refractivity contribution is -0.274. The van der Waals surface area contributed by atoms with Crippen molar-refractivity contribution in [3.05, 3.63) is 58.8 Å². The molecule has 3 amide bonds. The molecule has 0 spiro atoms. The standard InChI is InChI=1S/C20H16F3N3O4S/c1-11-14(24-16(29-11)15-4-3-9-31-15)10-26-17(27)19(2,25-18(26)28)12-5-7-13(8-6-12)30-20(21,22)23/h3-9H,10H2,1-2H3,(H,25,28). The van der Waals surface area contributed by atoms with Crippen LogP contribution in [0.1, 0.15) is 23.9 Å². The topological polar surface area (TPSA) is 84.7 Å². The minimum Gasteiger partial charge on any atom is -0.440 e. The van der Waals surface area contributed by atoms with Crippen molar-refractivity contribution >= 4 is 23.3 Å². The molecule has 162 valence electrons. The summed E-state index contributed by atoms with van der Waals surface area (Å²) in [5.74, 6) is -0.0984. The van der Waals surface area contributed by atoms with E-state index in [9.17, 15) is 22.8 Å². The fraction of sp³-hybridized carbons (Fsp3) is 0.250. The number of hydrogen-bond donors (Lipinski definition) is 1. The van der Waals surface area contributed by atoms with Crippen molar-refractivity contribution in [1.29, 1.82) is 0 Å². The average molecular weight is 451 g/mol. The number of aromatic nitrogens is 1. The van der Waals surface area contributed by atoms with Crippen LogP contribution in [0.15, 0.2) is 46.2 Å². The third kappa shape index (κ3) is 4.00. The summed E-state index contributed by atoms with van der Waals surface area (Å²) in [5.41, 5.74) is -0.689. The molecule has 31 heavy (non-hydrogen) atoms. The summed E-state index contributed by atoms with van der Waals surface area (Å²) in [6, 6.07) is 7.85. The van der Waals surface area contributed by atoms with E-state index in [0.717, 1.165) is 21.9 Å². The Morgan fingerprint density at radius 1 is 1.23 bits per heavy atom. The molecule has 1 unspecified atom stereocenters. The van der Waals surface area contributed by atoms with Gasteiger partial charge >= 0.3 is 12.4 Å². The Labute approximate surface area is 178 Å². The number of carbonyl (C=O) groups excluding carboxylic acids is 2. The fourth-order valence-corrected chi connectivity index (χ4v) is 3.91. The first-order valence-corrected chi connectivity index (χ1v) is 9.95. The van der Waals surface area contributed by atoms with Crippen LogP contribution in [0.3, 0.4) is 0 Å². The molecule has 1 aliphatic heterocycles. The number of amides is 3. The molecule has 3 aromatic rings. The number of benzene rings is 1. The number of hydrogen-bond acceptors (Lipinski definition) is 6. The number of nitrogens with zero attached hydrogens (tertiary/aromatic N) is 2. The van der Waals surface area contributed by atoms with Crippen molar-refractivity contribution in [2.24, 2.45) is 0 Å². The summed E-state index contributed by atoms with van der Waals surface area (Å²) < 4.78 is 46.6. The van der Waals surface area contributed by atoms with Crippen molar-refractivity contribution in [1.82, 2.24) is 15.2 Å². The second-order valence-electron chi connectivity index (χ2n) is 7.02. The van der Waals surface area contributed by atoms with Crippen molar-refractivity contribution in [2.75, 3.05) is 0 Å². The third-order valence-electron chi connectivity index (χ3n) is 4.87. The lowest BCUT2D eigenvalue weighted by atomic mass is 9.92. The van der Waals surface area contributed by atoms with Crippen molar-refractivity contribution in [2.45, 2.75) is 32.3 Å². The van der Waals surface area contributed by atoms with Gasteiger partial charge in [-0.2, -0.15) is 0 Å². The number of urea groups is 1. The molecule has 3 heterocycles. The first-order valence-electron chi connectivity index (χ1n) is 9.07. The molecule has 1 fully saturated rings. The summed E-state index contributed by atoms with van der Waals surface area (Å²) in [5, 5.41) is 4.48. The van der Waals surface area contributed by atoms with Gasteiger partial charge in [-0.05, 0) is 43.0 Å². The largest absolute Gasteiger partial charge is 0.573 e. The first-order chi connectivity index (χ1) is 14.6. The predicted octanol–water partition coefficient (Wildman–Crippen LogP) is 4.58. The Bertz CT molecular complexity index is 1130. The Balaban J connectivity index is 1.55. The second-order valence-corrected chi connectivity index (χ2v) is 7.97. The SMILES string of the molecule is Cc1oc(-c2cccs2)nc1CN1C(=O)NC(C)(c2ccc(OC(F)(F)F)cc2)C1=O. The molecular weight excluding hydrogens is 435 g/mol. The van der Waals surface area contributed by atoms with Crippen molar-refractivity contribution in [3.63, 3.8) is 0 Å². The van der Waals surface area contributed by atoms with Crippen LogP contribution in [-0.2, 0) is 16.9 Å². The highest BCUT2D eigenvalue weighted by atomic mass is 32.1. The van der Waals surface area contributed by atoms with E-state index in [2.05, 4.69) is 15.0 Å². The minimum absolute atomic E-state index is 0.101. The average Bonchev–Trinajstić information content (AvgIpc) is 3.38. The molecule has 11 heteroatoms. The first kappa shape index (κ1) is 20.9. The fourth-order valence-electron chi connectivity index (χ4n) is 3.26. The van der Waals surface area contributed by atoms with Gasteiger partial charge in [0.05, 0.1) is 11.4 Å². The van der Waals surface area contributed by atoms with Crippen LogP contribution in [0.25, 0.3) is 10.8 Å². The molecule has 2 aromatic heterocycles. The van der Waals surface area contributed by atoms with E-state index in [1.165, 1.54) is 30.4 Å². The van der Waals surface area contributed by atoms with Gasteiger partial charge in [-0.25, -0.2) is 9.78 Å². The van der Waals surface area contributed by atoms with E-state index in [1.54, 1.807) is 6.92 Å². The number of imide groups is 1. The zero-order chi connectivity index (χ0) is 22.4. The minimum atomic E-state index is -4.82. The van der Waals surface area contributed by atoms with Crippen LogP contribution < -0.4 is 10.1 Å². The maximum Gasteiger partial charge on any atom is 0.573 e. The molecule has 0 saturated carbocycles. The zero-order valence-corrected chi connectivity index (χ0v) is 17.1. The number of alkyl halides is 3. The summed E-state index contributed by atoms with van der Waals surface area (Å²) >= 11 is 1.45. The van der Waals surface area contributed by atoms with Gasteiger partial charge in [0.25, 0.3) is 5.91 Å². The predicted molar refractivity (Wildman–Crippen MR) is 104 cm³/mol. The van der Waals surface area contributed by atoms with Crippen LogP contribution in [0.5, 0.6) is 5.75 Å². The van der Waals surface area contributed by atoms with Crippen molar-refractivity contribution in [3.8, 4) is 16.5 Å². The lowest BCUT2D eigenvalue weighted by Gasteiger charge is -2.22. The molecule has 7 nitrogen and oxygen atoms in total. The normalized spacial score (nSPS) is 19.1. The summed E-state index contributed by atoms with van der Waals surface area (Å²) in [6.07, 6.45) is -4.82. The van der Waals surface area contributed by atoms with Crippen molar-refractivity contribution < 1.29 is 31.9 Å². The molecular formula is C20H16F3N3O4S. The van der Waals surface area contributed by atoms with Gasteiger partial charge in [0, 0.05) is 0 Å². The van der Waals surface area contributed by atoms with E-state index < -0.39 is 29.6 Å². The summed E-state index contributed by atoms with van der Waals surface area (Å²) in [6.45, 7) is 3.08. The third-order valence-corrected chi connectivity index (χ3v) is 5.73. The monoisotopic (exact) mass is 451 g/mol. The number of oxazole rings is 1. The number of ether oxygens (including phenoxy) is 1. The Morgan fingerprint density at radius 2 is 1.94 bits per heavy atom. The van der Waals surface area contributed by atoms with E-state index in [-0.39, 0.29) is 6.54 Å². The molecule has 0 aliphatic carbocycles. The van der Waals surface area contributed by atoms with Gasteiger partial charge in [0.15, 0.2) is 0 Å². The molecule has 1 atom stereocenters. The van der Waals surface area contributed by atoms with E-state index in [1.807, 2.05) is 17.5 Å². The highest BCUT2D eigenvalue weighted by molar-refractivity contribution is 7.13. The molecule has 4 rings (SSSR count). The van der Waals surface area contributed by atoms with Gasteiger partial charge < -0.3 is 14.5 Å². The number of thiophene rings is 1. The van der Waals surface area contributed by atoms with Gasteiger partial charge in [0.2, 0.25) is 5.89 Å². The molecule has 1 aromatic carbocycles. The molecule has 1 saturated heterocycles. The van der Waals surface area contributed by atoms with Crippen LogP contribution in [0.2, 0.25) is 0 Å². The quantitative estimate of drug-likeness (QED) is 0.574. The number of nitrogens with one attached hydrogen (secondary N) is 1. The van der Waals surface area contributed by atoms with Crippen LogP contribution in [0.4, 0.5) is 18.0 Å². The van der Waals surface area contributed by atoms with Crippen LogP contribution in [0, 0.1) is 6.92 Å². The zero-order valence-electron chi connectivity index (χ0n) is 16.3. The van der Waals surface area contributed by atoms with E-state index in [0.29, 0.717) is 22.9 Å². The molecule has 0 radical (unpaired) electrons. The Kier molecular flexibility index (Phi) is 5.00. The second kappa shape index (κ2) is 7.41. The number of carbonyl (C=O) groups is 2. The van der Waals surface area contributed by atoms with E-state index in [4.69, 9.17) is 4.42 Å². The summed E-state index contributed by atoms with van der Waals surface area (Å²) in [4.78, 5) is 31.8. The van der Waals surface area contributed by atoms with Crippen LogP contribution in [-0.4, -0.2) is 28.2 Å². The molecule has 1 N–H and O–H groups in total. The molecule has 1 aliphatic rings. The Hall–Kier alpha value is -3.34. The smallest absolute Gasteiger partial charge is 0.440 e. The van der Waals surface area contributed by atoms with Gasteiger partial charge in [-0.3, -0.25) is 9.69 Å². The number of rotatable bonds is 5. The highest BCUT2D eigenvalue weighted by Crippen LogP contribution is 2.33. The Morgan fingerprint density at radius 3 is 2.55 bits per heavy atom.